The average molecular weight is 260 g/mol. The van der Waals surface area contributed by atoms with Crippen molar-refractivity contribution in [2.75, 3.05) is 5.32 Å². The first-order valence-electron chi connectivity index (χ1n) is 5.52. The number of rotatable bonds is 5. The highest BCUT2D eigenvalue weighted by molar-refractivity contribution is 7.12. The van der Waals surface area contributed by atoms with Gasteiger partial charge in [-0.05, 0) is 23.6 Å². The molecule has 92 valence electrons. The van der Waals surface area contributed by atoms with E-state index in [4.69, 9.17) is 0 Å². The second-order valence-electron chi connectivity index (χ2n) is 3.69. The molecule has 0 aromatic carbocycles. The molecule has 0 saturated carbocycles. The van der Waals surface area contributed by atoms with Crippen LogP contribution in [0.1, 0.15) is 22.5 Å². The average Bonchev–Trinajstić information content (AvgIpc) is 2.91. The maximum atomic E-state index is 11.7. The van der Waals surface area contributed by atoms with Gasteiger partial charge in [0.25, 0.3) is 0 Å². The molecule has 0 aliphatic rings. The lowest BCUT2D eigenvalue weighted by molar-refractivity contribution is -0.116. The number of carbonyl (C=O) groups is 2. The van der Waals surface area contributed by atoms with Crippen LogP contribution in [0.5, 0.6) is 0 Å². The van der Waals surface area contributed by atoms with Gasteiger partial charge in [-0.3, -0.25) is 14.6 Å². The summed E-state index contributed by atoms with van der Waals surface area (Å²) in [6, 6.07) is 7.10. The van der Waals surface area contributed by atoms with E-state index in [2.05, 4.69) is 10.3 Å². The van der Waals surface area contributed by atoms with Crippen LogP contribution in [0, 0.1) is 0 Å². The summed E-state index contributed by atoms with van der Waals surface area (Å²) < 4.78 is 0. The lowest BCUT2D eigenvalue weighted by Gasteiger charge is -2.03. The fourth-order valence-electron chi connectivity index (χ4n) is 1.45. The molecule has 0 saturated heterocycles. The van der Waals surface area contributed by atoms with Crippen LogP contribution in [0.25, 0.3) is 0 Å². The first kappa shape index (κ1) is 12.4. The Balaban J connectivity index is 1.80. The number of carbonyl (C=O) groups excluding carboxylic acids is 2. The third-order valence-electron chi connectivity index (χ3n) is 2.32. The normalized spacial score (nSPS) is 10.0. The number of ketones is 1. The van der Waals surface area contributed by atoms with Crippen molar-refractivity contribution >= 4 is 28.7 Å². The number of Topliss-reactive ketones (excluding diaryl/α,β-unsaturated/α-hetero) is 1. The molecule has 2 aromatic heterocycles. The number of aromatic nitrogens is 1. The topological polar surface area (TPSA) is 59.1 Å². The maximum absolute atomic E-state index is 11.7. The van der Waals surface area contributed by atoms with Crippen molar-refractivity contribution in [3.05, 3.63) is 46.9 Å². The van der Waals surface area contributed by atoms with Crippen LogP contribution in [-0.2, 0) is 4.79 Å². The van der Waals surface area contributed by atoms with Gasteiger partial charge in [0.15, 0.2) is 5.78 Å². The van der Waals surface area contributed by atoms with Crippen LogP contribution < -0.4 is 5.32 Å². The molecule has 5 heteroatoms. The maximum Gasteiger partial charge on any atom is 0.224 e. The van der Waals surface area contributed by atoms with Crippen molar-refractivity contribution in [3.8, 4) is 0 Å². The van der Waals surface area contributed by atoms with Gasteiger partial charge in [0.05, 0.1) is 16.8 Å². The van der Waals surface area contributed by atoms with E-state index in [9.17, 15) is 9.59 Å². The monoisotopic (exact) mass is 260 g/mol. The van der Waals surface area contributed by atoms with Crippen LogP contribution in [0.15, 0.2) is 42.0 Å². The molecule has 0 aliphatic carbocycles. The minimum absolute atomic E-state index is 0.00587. The second-order valence-corrected chi connectivity index (χ2v) is 4.64. The zero-order chi connectivity index (χ0) is 12.8. The molecule has 0 spiro atoms. The molecule has 2 aromatic rings. The number of pyridine rings is 1. The minimum atomic E-state index is -0.173. The van der Waals surface area contributed by atoms with Gasteiger partial charge in [0, 0.05) is 19.0 Å². The molecule has 0 aliphatic heterocycles. The van der Waals surface area contributed by atoms with Crippen molar-refractivity contribution in [3.63, 3.8) is 0 Å². The summed E-state index contributed by atoms with van der Waals surface area (Å²) >= 11 is 1.40. The lowest BCUT2D eigenvalue weighted by atomic mass is 10.2. The van der Waals surface area contributed by atoms with Crippen molar-refractivity contribution < 1.29 is 9.59 Å². The van der Waals surface area contributed by atoms with Gasteiger partial charge in [0.1, 0.15) is 0 Å². The van der Waals surface area contributed by atoms with Crippen molar-refractivity contribution in [2.45, 2.75) is 12.8 Å². The first-order valence-corrected chi connectivity index (χ1v) is 6.40. The van der Waals surface area contributed by atoms with Gasteiger partial charge in [-0.25, -0.2) is 0 Å². The van der Waals surface area contributed by atoms with Gasteiger partial charge >= 0.3 is 0 Å². The fourth-order valence-corrected chi connectivity index (χ4v) is 2.14. The Labute approximate surface area is 109 Å². The predicted octanol–water partition coefficient (Wildman–Crippen LogP) is 2.74. The number of amides is 1. The van der Waals surface area contributed by atoms with Crippen molar-refractivity contribution in [2.24, 2.45) is 0 Å². The van der Waals surface area contributed by atoms with E-state index >= 15 is 0 Å². The van der Waals surface area contributed by atoms with Crippen LogP contribution in [-0.4, -0.2) is 16.7 Å². The molecule has 0 atom stereocenters. The Morgan fingerprint density at radius 2 is 2.11 bits per heavy atom. The van der Waals surface area contributed by atoms with Gasteiger partial charge in [-0.15, -0.1) is 11.3 Å². The summed E-state index contributed by atoms with van der Waals surface area (Å²) in [5.74, 6) is -0.167. The van der Waals surface area contributed by atoms with E-state index in [-0.39, 0.29) is 24.5 Å². The van der Waals surface area contributed by atoms with E-state index < -0.39 is 0 Å². The summed E-state index contributed by atoms with van der Waals surface area (Å²) in [5, 5.41) is 4.54. The molecule has 0 fully saturated rings. The van der Waals surface area contributed by atoms with E-state index in [0.717, 1.165) is 0 Å². The number of hydrogen-bond acceptors (Lipinski definition) is 4. The number of anilines is 1. The van der Waals surface area contributed by atoms with Crippen LogP contribution >= 0.6 is 11.3 Å². The third-order valence-corrected chi connectivity index (χ3v) is 3.23. The fraction of sp³-hybridized carbons (Fsp3) is 0.154. The summed E-state index contributed by atoms with van der Waals surface area (Å²) in [6.45, 7) is 0. The summed E-state index contributed by atoms with van der Waals surface area (Å²) in [6.07, 6.45) is 3.62. The van der Waals surface area contributed by atoms with Crippen molar-refractivity contribution in [1.82, 2.24) is 4.98 Å². The molecule has 0 radical (unpaired) electrons. The van der Waals surface area contributed by atoms with E-state index in [0.29, 0.717) is 10.6 Å². The summed E-state index contributed by atoms with van der Waals surface area (Å²) in [5.41, 5.74) is 0.645. The van der Waals surface area contributed by atoms with Gasteiger partial charge in [-0.1, -0.05) is 6.07 Å². The van der Waals surface area contributed by atoms with Gasteiger partial charge < -0.3 is 5.32 Å². The van der Waals surface area contributed by atoms with E-state index in [1.54, 1.807) is 30.6 Å². The molecule has 0 bridgehead atoms. The zero-order valence-electron chi connectivity index (χ0n) is 9.63. The summed E-state index contributed by atoms with van der Waals surface area (Å²) in [4.78, 5) is 27.9. The Hall–Kier alpha value is -2.01. The Morgan fingerprint density at radius 3 is 2.78 bits per heavy atom. The molecular weight excluding hydrogens is 248 g/mol. The van der Waals surface area contributed by atoms with Crippen LogP contribution in [0.2, 0.25) is 0 Å². The molecule has 2 rings (SSSR count). The largest absolute Gasteiger partial charge is 0.325 e. The SMILES string of the molecule is O=C(CCC(=O)c1cccs1)Nc1cccnc1. The smallest absolute Gasteiger partial charge is 0.224 e. The van der Waals surface area contributed by atoms with Gasteiger partial charge in [-0.2, -0.15) is 0 Å². The number of thiophene rings is 1. The Bertz CT molecular complexity index is 523. The predicted molar refractivity (Wildman–Crippen MR) is 70.8 cm³/mol. The summed E-state index contributed by atoms with van der Waals surface area (Å²) in [7, 11) is 0. The highest BCUT2D eigenvalue weighted by Crippen LogP contribution is 2.12. The number of hydrogen-bond donors (Lipinski definition) is 1. The lowest BCUT2D eigenvalue weighted by Crippen LogP contribution is -2.13. The minimum Gasteiger partial charge on any atom is -0.325 e. The van der Waals surface area contributed by atoms with E-state index in [1.165, 1.54) is 11.3 Å². The first-order chi connectivity index (χ1) is 8.75. The molecule has 1 amide bonds. The zero-order valence-corrected chi connectivity index (χ0v) is 10.4. The Kier molecular flexibility index (Phi) is 4.20. The van der Waals surface area contributed by atoms with Crippen LogP contribution in [0.4, 0.5) is 5.69 Å². The molecule has 0 unspecified atom stereocenters. The standard InChI is InChI=1S/C13H12N2O2S/c16-11(12-4-2-8-18-12)5-6-13(17)15-10-3-1-7-14-9-10/h1-4,7-9H,5-6H2,(H,15,17). The second kappa shape index (κ2) is 6.07. The quantitative estimate of drug-likeness (QED) is 0.841. The van der Waals surface area contributed by atoms with Crippen LogP contribution in [0.3, 0.4) is 0 Å². The van der Waals surface area contributed by atoms with Gasteiger partial charge in [0.2, 0.25) is 5.91 Å². The molecular formula is C13H12N2O2S. The highest BCUT2D eigenvalue weighted by atomic mass is 32.1. The molecule has 18 heavy (non-hydrogen) atoms. The number of nitrogens with one attached hydrogen (secondary N) is 1. The van der Waals surface area contributed by atoms with Crippen molar-refractivity contribution in [1.29, 1.82) is 0 Å². The Morgan fingerprint density at radius 1 is 1.22 bits per heavy atom. The number of nitrogens with zero attached hydrogens (tertiary/aromatic N) is 1. The molecule has 2 heterocycles. The highest BCUT2D eigenvalue weighted by Gasteiger charge is 2.10. The third kappa shape index (κ3) is 3.49. The van der Waals surface area contributed by atoms with E-state index in [1.807, 2.05) is 11.4 Å². The molecule has 1 N–H and O–H groups in total. The molecule has 4 nitrogen and oxygen atoms in total.